The molecule has 5 rings (SSSR count). The minimum Gasteiger partial charge on any atom is -0.494 e. The average molecular weight is 476 g/mol. The van der Waals surface area contributed by atoms with Crippen molar-refractivity contribution in [2.45, 2.75) is 51.9 Å². The highest BCUT2D eigenvalue weighted by Gasteiger charge is 2.23. The van der Waals surface area contributed by atoms with Gasteiger partial charge >= 0.3 is 0 Å². The molecule has 1 aliphatic carbocycles. The number of rotatable bonds is 7. The van der Waals surface area contributed by atoms with Crippen LogP contribution in [0.2, 0.25) is 0 Å². The average Bonchev–Trinajstić information content (AvgIpc) is 2.91. The van der Waals surface area contributed by atoms with Gasteiger partial charge in [0.05, 0.1) is 6.61 Å². The van der Waals surface area contributed by atoms with Gasteiger partial charge in [0.1, 0.15) is 5.75 Å². The van der Waals surface area contributed by atoms with Crippen LogP contribution in [-0.4, -0.2) is 68.1 Å². The van der Waals surface area contributed by atoms with E-state index in [4.69, 9.17) is 4.74 Å². The fourth-order valence-corrected chi connectivity index (χ4v) is 5.94. The van der Waals surface area contributed by atoms with Gasteiger partial charge in [0.2, 0.25) is 0 Å². The van der Waals surface area contributed by atoms with Crippen molar-refractivity contribution >= 4 is 11.6 Å². The third kappa shape index (κ3) is 6.19. The molecule has 35 heavy (non-hydrogen) atoms. The summed E-state index contributed by atoms with van der Waals surface area (Å²) in [6.07, 6.45) is 8.57. The second-order valence-electron chi connectivity index (χ2n) is 10.7. The van der Waals surface area contributed by atoms with E-state index in [-0.39, 0.29) is 5.91 Å². The van der Waals surface area contributed by atoms with E-state index < -0.39 is 0 Å². The molecule has 0 bridgehead atoms. The molecule has 188 valence electrons. The molecule has 0 radical (unpaired) electrons. The summed E-state index contributed by atoms with van der Waals surface area (Å²) in [6, 6.07) is 14.8. The lowest BCUT2D eigenvalue weighted by atomic mass is 9.90. The number of hydrogen-bond donors (Lipinski definition) is 0. The number of piperazine rings is 1. The first-order valence-electron chi connectivity index (χ1n) is 13.8. The van der Waals surface area contributed by atoms with Crippen LogP contribution in [0.3, 0.4) is 0 Å². The standard InChI is InChI=1S/C30H41N3O2/c1-24-6-4-15-31(23-24)16-5-21-35-29-13-11-28(12-14-29)32-17-19-33(20-18-32)30(34)27-10-9-25-7-2-3-8-26(25)22-27/h9-14,22,24H,2-8,15-21,23H2,1H3. The van der Waals surface area contributed by atoms with Crippen molar-refractivity contribution in [3.63, 3.8) is 0 Å². The van der Waals surface area contributed by atoms with Crippen LogP contribution in [-0.2, 0) is 12.8 Å². The Kier molecular flexibility index (Phi) is 7.92. The molecule has 0 saturated carbocycles. The molecular formula is C30H41N3O2. The third-order valence-corrected chi connectivity index (χ3v) is 7.99. The number of nitrogens with zero attached hydrogens (tertiary/aromatic N) is 3. The molecule has 3 aliphatic rings. The predicted octanol–water partition coefficient (Wildman–Crippen LogP) is 5.03. The first-order chi connectivity index (χ1) is 17.2. The second kappa shape index (κ2) is 11.5. The zero-order valence-corrected chi connectivity index (χ0v) is 21.4. The molecule has 2 aromatic carbocycles. The Morgan fingerprint density at radius 2 is 1.69 bits per heavy atom. The van der Waals surface area contributed by atoms with Gasteiger partial charge in [-0.2, -0.15) is 0 Å². The number of fused-ring (bicyclic) bond motifs is 1. The van der Waals surface area contributed by atoms with Gasteiger partial charge in [0.25, 0.3) is 5.91 Å². The number of amides is 1. The first-order valence-corrected chi connectivity index (χ1v) is 13.8. The van der Waals surface area contributed by atoms with Crippen LogP contribution in [0.1, 0.15) is 60.5 Å². The summed E-state index contributed by atoms with van der Waals surface area (Å²) in [4.78, 5) is 20.1. The number of carbonyl (C=O) groups is 1. The number of benzene rings is 2. The molecule has 1 unspecified atom stereocenters. The summed E-state index contributed by atoms with van der Waals surface area (Å²) in [5.41, 5.74) is 4.88. The number of ether oxygens (including phenoxy) is 1. The lowest BCUT2D eigenvalue weighted by Gasteiger charge is -2.36. The topological polar surface area (TPSA) is 36.0 Å². The molecule has 2 fully saturated rings. The maximum absolute atomic E-state index is 13.1. The number of likely N-dealkylation sites (tertiary alicyclic amines) is 1. The van der Waals surface area contributed by atoms with Gasteiger partial charge in [-0.3, -0.25) is 4.79 Å². The SMILES string of the molecule is CC1CCCN(CCCOc2ccc(N3CCN(C(=O)c4ccc5c(c4)CCCC5)CC3)cc2)C1. The molecule has 2 heterocycles. The van der Waals surface area contributed by atoms with E-state index in [1.807, 2.05) is 11.0 Å². The van der Waals surface area contributed by atoms with Crippen LogP contribution in [0.4, 0.5) is 5.69 Å². The van der Waals surface area contributed by atoms with E-state index in [1.54, 1.807) is 0 Å². The smallest absolute Gasteiger partial charge is 0.253 e. The van der Waals surface area contributed by atoms with Crippen molar-refractivity contribution in [1.82, 2.24) is 9.80 Å². The number of piperidine rings is 1. The first kappa shape index (κ1) is 24.2. The molecule has 1 amide bonds. The minimum atomic E-state index is 0.181. The largest absolute Gasteiger partial charge is 0.494 e. The highest BCUT2D eigenvalue weighted by Crippen LogP contribution is 2.25. The van der Waals surface area contributed by atoms with E-state index in [9.17, 15) is 4.79 Å². The van der Waals surface area contributed by atoms with Crippen molar-refractivity contribution in [1.29, 1.82) is 0 Å². The van der Waals surface area contributed by atoms with Gasteiger partial charge in [0.15, 0.2) is 0 Å². The fraction of sp³-hybridized carbons (Fsp3) is 0.567. The quantitative estimate of drug-likeness (QED) is 0.527. The van der Waals surface area contributed by atoms with Crippen molar-refractivity contribution in [3.8, 4) is 5.75 Å². The number of carbonyl (C=O) groups excluding carboxylic acids is 1. The Morgan fingerprint density at radius 3 is 2.46 bits per heavy atom. The van der Waals surface area contributed by atoms with E-state index in [1.165, 1.54) is 55.6 Å². The van der Waals surface area contributed by atoms with E-state index in [2.05, 4.69) is 53.1 Å². The van der Waals surface area contributed by atoms with Crippen LogP contribution in [0.5, 0.6) is 5.75 Å². The number of hydrogen-bond acceptors (Lipinski definition) is 4. The molecule has 0 aromatic heterocycles. The molecule has 2 aliphatic heterocycles. The maximum atomic E-state index is 13.1. The summed E-state index contributed by atoms with van der Waals surface area (Å²) in [7, 11) is 0. The molecule has 2 aromatic rings. The highest BCUT2D eigenvalue weighted by molar-refractivity contribution is 5.94. The lowest BCUT2D eigenvalue weighted by molar-refractivity contribution is 0.0746. The van der Waals surface area contributed by atoms with Gasteiger partial charge in [-0.15, -0.1) is 0 Å². The van der Waals surface area contributed by atoms with Gasteiger partial charge in [-0.1, -0.05) is 13.0 Å². The van der Waals surface area contributed by atoms with Gasteiger partial charge in [0, 0.05) is 50.5 Å². The van der Waals surface area contributed by atoms with Gasteiger partial charge in [-0.05, 0) is 105 Å². The minimum absolute atomic E-state index is 0.181. The Balaban J connectivity index is 1.06. The zero-order chi connectivity index (χ0) is 24.0. The summed E-state index contributed by atoms with van der Waals surface area (Å²) in [6.45, 7) is 10.0. The second-order valence-corrected chi connectivity index (χ2v) is 10.7. The lowest BCUT2D eigenvalue weighted by Crippen LogP contribution is -2.48. The van der Waals surface area contributed by atoms with Crippen molar-refractivity contribution in [3.05, 3.63) is 59.2 Å². The molecule has 5 nitrogen and oxygen atoms in total. The van der Waals surface area contributed by atoms with E-state index in [0.29, 0.717) is 0 Å². The summed E-state index contributed by atoms with van der Waals surface area (Å²) < 4.78 is 6.01. The third-order valence-electron chi connectivity index (χ3n) is 7.99. The number of aryl methyl sites for hydroxylation is 2. The van der Waals surface area contributed by atoms with Crippen molar-refractivity contribution in [2.75, 3.05) is 57.3 Å². The Labute approximate surface area is 211 Å². The van der Waals surface area contributed by atoms with Crippen LogP contribution in [0.15, 0.2) is 42.5 Å². The molecule has 0 spiro atoms. The molecule has 2 saturated heterocycles. The molecular weight excluding hydrogens is 434 g/mol. The maximum Gasteiger partial charge on any atom is 0.253 e. The highest BCUT2D eigenvalue weighted by atomic mass is 16.5. The Morgan fingerprint density at radius 1 is 0.914 bits per heavy atom. The fourth-order valence-electron chi connectivity index (χ4n) is 5.94. The van der Waals surface area contributed by atoms with Crippen LogP contribution in [0.25, 0.3) is 0 Å². The van der Waals surface area contributed by atoms with Crippen molar-refractivity contribution in [2.24, 2.45) is 5.92 Å². The summed E-state index contributed by atoms with van der Waals surface area (Å²) in [5.74, 6) is 1.96. The van der Waals surface area contributed by atoms with Gasteiger partial charge in [-0.25, -0.2) is 0 Å². The van der Waals surface area contributed by atoms with Crippen LogP contribution < -0.4 is 9.64 Å². The van der Waals surface area contributed by atoms with Gasteiger partial charge < -0.3 is 19.4 Å². The van der Waals surface area contributed by atoms with E-state index >= 15 is 0 Å². The Hall–Kier alpha value is -2.53. The molecule has 5 heteroatoms. The van der Waals surface area contributed by atoms with Crippen molar-refractivity contribution < 1.29 is 9.53 Å². The van der Waals surface area contributed by atoms with E-state index in [0.717, 1.165) is 75.8 Å². The normalized spacial score (nSPS) is 21.0. The Bertz CT molecular complexity index is 982. The molecule has 1 atom stereocenters. The zero-order valence-electron chi connectivity index (χ0n) is 21.4. The van der Waals surface area contributed by atoms with Crippen LogP contribution >= 0.6 is 0 Å². The predicted molar refractivity (Wildman–Crippen MR) is 143 cm³/mol. The summed E-state index contributed by atoms with van der Waals surface area (Å²) in [5, 5.41) is 0. The summed E-state index contributed by atoms with van der Waals surface area (Å²) >= 11 is 0. The van der Waals surface area contributed by atoms with Crippen LogP contribution in [0, 0.1) is 5.92 Å². The monoisotopic (exact) mass is 475 g/mol. The number of anilines is 1. The molecule has 0 N–H and O–H groups in total.